The Labute approximate surface area is 248 Å². The fourth-order valence-corrected chi connectivity index (χ4v) is 4.72. The number of fused-ring (bicyclic) bond motifs is 1. The predicted molar refractivity (Wildman–Crippen MR) is 167 cm³/mol. The van der Waals surface area contributed by atoms with E-state index in [1.807, 2.05) is 54.6 Å². The third-order valence-electron chi connectivity index (χ3n) is 7.34. The minimum absolute atomic E-state index is 0.0336. The molecule has 7 nitrogen and oxygen atoms in total. The van der Waals surface area contributed by atoms with Gasteiger partial charge in [-0.25, -0.2) is 14.8 Å². The number of unbranched alkanes of at least 4 members (excludes halogenated alkanes) is 4. The van der Waals surface area contributed by atoms with Crippen molar-refractivity contribution >= 4 is 22.8 Å². The average Bonchev–Trinajstić information content (AvgIpc) is 2.98. The van der Waals surface area contributed by atoms with Crippen LogP contribution in [0.2, 0.25) is 0 Å². The van der Waals surface area contributed by atoms with E-state index in [2.05, 4.69) is 38.0 Å². The van der Waals surface area contributed by atoms with E-state index in [0.29, 0.717) is 18.0 Å². The van der Waals surface area contributed by atoms with Crippen LogP contribution in [-0.4, -0.2) is 39.6 Å². The van der Waals surface area contributed by atoms with Gasteiger partial charge in [-0.15, -0.1) is 0 Å². The average molecular weight is 568 g/mol. The van der Waals surface area contributed by atoms with Gasteiger partial charge in [-0.05, 0) is 53.3 Å². The number of carbonyl (C=O) groups is 2. The molecule has 4 rings (SSSR count). The number of carboxylic acid groups (broad SMARTS) is 1. The molecule has 2 N–H and O–H groups in total. The molecule has 0 radical (unpaired) electrons. The Morgan fingerprint density at radius 1 is 0.929 bits per heavy atom. The lowest BCUT2D eigenvalue weighted by Crippen LogP contribution is -2.42. The van der Waals surface area contributed by atoms with Gasteiger partial charge in [0.25, 0.3) is 5.91 Å². The SMILES string of the molecule is CCCCCCCOc1ccc2nc(-c3ccc(C[C@H](NC(=O)c4ccc(C(C)(C)C)cc4)C(=O)O)cc3)ncc2c1. The first-order valence-electron chi connectivity index (χ1n) is 14.8. The first-order valence-corrected chi connectivity index (χ1v) is 14.8. The van der Waals surface area contributed by atoms with E-state index in [1.165, 1.54) is 25.7 Å². The summed E-state index contributed by atoms with van der Waals surface area (Å²) in [5.74, 6) is -0.0952. The predicted octanol–water partition coefficient (Wildman–Crippen LogP) is 7.37. The highest BCUT2D eigenvalue weighted by Gasteiger charge is 2.22. The number of hydrogen-bond donors (Lipinski definition) is 2. The highest BCUT2D eigenvalue weighted by Crippen LogP contribution is 2.24. The van der Waals surface area contributed by atoms with Gasteiger partial charge in [-0.3, -0.25) is 4.79 Å². The Morgan fingerprint density at radius 3 is 2.31 bits per heavy atom. The Balaban J connectivity index is 1.37. The minimum atomic E-state index is -1.09. The normalized spacial score (nSPS) is 12.2. The zero-order valence-electron chi connectivity index (χ0n) is 25.0. The number of aliphatic carboxylic acids is 1. The molecule has 0 saturated carbocycles. The maximum atomic E-state index is 12.8. The summed E-state index contributed by atoms with van der Waals surface area (Å²) in [5.41, 5.74) is 3.93. The van der Waals surface area contributed by atoms with Gasteiger partial charge in [0.15, 0.2) is 5.82 Å². The fraction of sp³-hybridized carbons (Fsp3) is 0.371. The van der Waals surface area contributed by atoms with Crippen LogP contribution in [0.25, 0.3) is 22.3 Å². The lowest BCUT2D eigenvalue weighted by atomic mass is 9.86. The number of nitrogens with one attached hydrogen (secondary N) is 1. The Kier molecular flexibility index (Phi) is 10.3. The van der Waals surface area contributed by atoms with Gasteiger partial charge in [0, 0.05) is 29.1 Å². The van der Waals surface area contributed by atoms with E-state index >= 15 is 0 Å². The second-order valence-electron chi connectivity index (χ2n) is 11.8. The number of nitrogens with zero attached hydrogens (tertiary/aromatic N) is 2. The number of hydrogen-bond acceptors (Lipinski definition) is 5. The first-order chi connectivity index (χ1) is 20.1. The number of benzene rings is 3. The van der Waals surface area contributed by atoms with Crippen molar-refractivity contribution in [1.82, 2.24) is 15.3 Å². The standard InChI is InChI=1S/C35H41N3O4/c1-5-6-7-8-9-20-42-29-18-19-30-27(22-29)23-36-32(37-30)25-12-10-24(11-13-25)21-31(34(40)41)38-33(39)26-14-16-28(17-15-26)35(2,3)4/h10-19,22-23,31H,5-9,20-21H2,1-4H3,(H,38,39)(H,40,41)/t31-/m0/s1. The molecule has 0 aliphatic heterocycles. The molecule has 0 unspecified atom stereocenters. The van der Waals surface area contributed by atoms with E-state index in [-0.39, 0.29) is 11.8 Å². The first kappa shape index (κ1) is 30.7. The second-order valence-corrected chi connectivity index (χ2v) is 11.8. The van der Waals surface area contributed by atoms with E-state index in [9.17, 15) is 14.7 Å². The number of carbonyl (C=O) groups excluding carboxylic acids is 1. The Hall–Kier alpha value is -4.26. The smallest absolute Gasteiger partial charge is 0.326 e. The number of amides is 1. The van der Waals surface area contributed by atoms with Crippen molar-refractivity contribution in [2.75, 3.05) is 6.61 Å². The van der Waals surface area contributed by atoms with Crippen LogP contribution in [-0.2, 0) is 16.6 Å². The van der Waals surface area contributed by atoms with Crippen LogP contribution in [0.5, 0.6) is 5.75 Å². The molecule has 0 fully saturated rings. The highest BCUT2D eigenvalue weighted by molar-refractivity contribution is 5.96. The van der Waals surface area contributed by atoms with Crippen LogP contribution in [0.3, 0.4) is 0 Å². The molecule has 0 aliphatic rings. The molecule has 42 heavy (non-hydrogen) atoms. The van der Waals surface area contributed by atoms with Crippen molar-refractivity contribution in [3.63, 3.8) is 0 Å². The molecule has 1 amide bonds. The van der Waals surface area contributed by atoms with Gasteiger partial charge in [-0.2, -0.15) is 0 Å². The summed E-state index contributed by atoms with van der Waals surface area (Å²) in [6.07, 6.45) is 7.94. The lowest BCUT2D eigenvalue weighted by Gasteiger charge is -2.19. The summed E-state index contributed by atoms with van der Waals surface area (Å²) in [6, 6.07) is 19.5. The molecule has 0 spiro atoms. The molecule has 1 atom stereocenters. The van der Waals surface area contributed by atoms with Crippen LogP contribution in [0.4, 0.5) is 0 Å². The van der Waals surface area contributed by atoms with Gasteiger partial charge in [-0.1, -0.05) is 89.8 Å². The minimum Gasteiger partial charge on any atom is -0.494 e. The Morgan fingerprint density at radius 2 is 1.64 bits per heavy atom. The van der Waals surface area contributed by atoms with E-state index in [4.69, 9.17) is 9.72 Å². The number of aromatic nitrogens is 2. The highest BCUT2D eigenvalue weighted by atomic mass is 16.5. The maximum absolute atomic E-state index is 12.8. The maximum Gasteiger partial charge on any atom is 0.326 e. The summed E-state index contributed by atoms with van der Waals surface area (Å²) in [4.78, 5) is 34.0. The van der Waals surface area contributed by atoms with Crippen molar-refractivity contribution in [3.8, 4) is 17.1 Å². The van der Waals surface area contributed by atoms with E-state index < -0.39 is 17.9 Å². The molecule has 1 aromatic heterocycles. The molecule has 0 saturated heterocycles. The third-order valence-corrected chi connectivity index (χ3v) is 7.34. The van der Waals surface area contributed by atoms with Gasteiger partial charge >= 0.3 is 5.97 Å². The van der Waals surface area contributed by atoms with Gasteiger partial charge in [0.1, 0.15) is 11.8 Å². The summed E-state index contributed by atoms with van der Waals surface area (Å²) in [7, 11) is 0. The number of ether oxygens (including phenoxy) is 1. The summed E-state index contributed by atoms with van der Waals surface area (Å²) < 4.78 is 5.91. The summed E-state index contributed by atoms with van der Waals surface area (Å²) in [6.45, 7) is 9.22. The summed E-state index contributed by atoms with van der Waals surface area (Å²) in [5, 5.41) is 13.4. The fourth-order valence-electron chi connectivity index (χ4n) is 4.72. The van der Waals surface area contributed by atoms with Crippen LogP contribution in [0.15, 0.2) is 72.9 Å². The topological polar surface area (TPSA) is 101 Å². The third kappa shape index (κ3) is 8.38. The van der Waals surface area contributed by atoms with E-state index in [0.717, 1.165) is 39.8 Å². The van der Waals surface area contributed by atoms with Crippen LogP contribution < -0.4 is 10.1 Å². The molecular weight excluding hydrogens is 526 g/mol. The van der Waals surface area contributed by atoms with Gasteiger partial charge in [0.05, 0.1) is 12.1 Å². The molecule has 0 bridgehead atoms. The largest absolute Gasteiger partial charge is 0.494 e. The molecule has 0 aliphatic carbocycles. The van der Waals surface area contributed by atoms with Gasteiger partial charge < -0.3 is 15.2 Å². The summed E-state index contributed by atoms with van der Waals surface area (Å²) >= 11 is 0. The molecular formula is C35H41N3O4. The zero-order valence-corrected chi connectivity index (χ0v) is 25.0. The number of carboxylic acids is 1. The second kappa shape index (κ2) is 14.1. The zero-order chi connectivity index (χ0) is 30.1. The van der Waals surface area contributed by atoms with Crippen LogP contribution in [0, 0.1) is 0 Å². The lowest BCUT2D eigenvalue weighted by molar-refractivity contribution is -0.139. The number of rotatable bonds is 13. The van der Waals surface area contributed by atoms with Crippen molar-refractivity contribution in [1.29, 1.82) is 0 Å². The quantitative estimate of drug-likeness (QED) is 0.164. The van der Waals surface area contributed by atoms with Crippen molar-refractivity contribution in [2.24, 2.45) is 0 Å². The molecule has 3 aromatic carbocycles. The van der Waals surface area contributed by atoms with Crippen molar-refractivity contribution in [3.05, 3.63) is 89.6 Å². The molecule has 1 heterocycles. The van der Waals surface area contributed by atoms with E-state index in [1.54, 1.807) is 18.3 Å². The van der Waals surface area contributed by atoms with Crippen LogP contribution in [0.1, 0.15) is 81.3 Å². The van der Waals surface area contributed by atoms with Crippen molar-refractivity contribution < 1.29 is 19.4 Å². The van der Waals surface area contributed by atoms with Gasteiger partial charge in [0.2, 0.25) is 0 Å². The molecule has 7 heteroatoms. The molecule has 220 valence electrons. The van der Waals surface area contributed by atoms with Crippen molar-refractivity contribution in [2.45, 2.75) is 77.7 Å². The monoisotopic (exact) mass is 567 g/mol. The molecule has 4 aromatic rings. The van der Waals surface area contributed by atoms with Crippen LogP contribution >= 0.6 is 0 Å². The Bertz CT molecular complexity index is 1490.